The van der Waals surface area contributed by atoms with Crippen LogP contribution in [0.1, 0.15) is 19.8 Å². The van der Waals surface area contributed by atoms with Crippen molar-refractivity contribution in [2.75, 3.05) is 11.5 Å². The number of thioether (sulfide) groups is 1. The van der Waals surface area contributed by atoms with Gasteiger partial charge in [-0.25, -0.2) is 0 Å². The summed E-state index contributed by atoms with van der Waals surface area (Å²) in [6.45, 7) is 2.13. The highest BCUT2D eigenvalue weighted by molar-refractivity contribution is 7.99. The van der Waals surface area contributed by atoms with E-state index < -0.39 is 0 Å². The van der Waals surface area contributed by atoms with Crippen molar-refractivity contribution in [3.63, 3.8) is 0 Å². The molecule has 0 aromatic rings. The van der Waals surface area contributed by atoms with Crippen molar-refractivity contribution in [3.05, 3.63) is 23.8 Å². The average Bonchev–Trinajstić information content (AvgIpc) is 2.56. The number of ketones is 1. The van der Waals surface area contributed by atoms with Crippen LogP contribution in [0.4, 0.5) is 0 Å². The largest absolute Gasteiger partial charge is 0.294 e. The van der Waals surface area contributed by atoms with Gasteiger partial charge in [0, 0.05) is 0 Å². The molecule has 1 nitrogen and oxygen atoms in total. The molecule has 0 unspecified atom stereocenters. The van der Waals surface area contributed by atoms with Crippen molar-refractivity contribution in [2.24, 2.45) is 0 Å². The number of allylic oxidation sites excluding steroid dienone is 4. The Bertz CT molecular complexity index is 216. The minimum absolute atomic E-state index is 0.304. The third kappa shape index (κ3) is 2.86. The number of hydrogen-bond donors (Lipinski definition) is 0. The standard InChI is InChI=1S/C10H14OS/c1-2-7-12-8-10(11)9-5-3-4-6-9/h3-5H,2,6-8H2,1H3. The molecule has 0 radical (unpaired) electrons. The van der Waals surface area contributed by atoms with Crippen molar-refractivity contribution >= 4 is 17.5 Å². The van der Waals surface area contributed by atoms with Gasteiger partial charge in [0.05, 0.1) is 5.75 Å². The fraction of sp³-hybridized carbons (Fsp3) is 0.500. The maximum atomic E-state index is 11.4. The number of carbonyl (C=O) groups excluding carboxylic acids is 1. The molecule has 0 aliphatic heterocycles. The lowest BCUT2D eigenvalue weighted by Gasteiger charge is -1.99. The summed E-state index contributed by atoms with van der Waals surface area (Å²) in [5.41, 5.74) is 0.971. The molecule has 0 N–H and O–H groups in total. The molecular weight excluding hydrogens is 168 g/mol. The lowest BCUT2D eigenvalue weighted by Crippen LogP contribution is -2.04. The second-order valence-corrected chi connectivity index (χ2v) is 3.91. The van der Waals surface area contributed by atoms with Gasteiger partial charge in [0.25, 0.3) is 0 Å². The van der Waals surface area contributed by atoms with Crippen LogP contribution in [0.25, 0.3) is 0 Å². The van der Waals surface area contributed by atoms with Crippen molar-refractivity contribution in [1.29, 1.82) is 0 Å². The number of carbonyl (C=O) groups is 1. The summed E-state index contributed by atoms with van der Waals surface area (Å²) in [6, 6.07) is 0. The molecule has 0 saturated heterocycles. The highest BCUT2D eigenvalue weighted by Crippen LogP contribution is 2.14. The molecular formula is C10H14OS. The second-order valence-electron chi connectivity index (χ2n) is 2.80. The molecule has 0 atom stereocenters. The first-order valence-corrected chi connectivity index (χ1v) is 5.46. The van der Waals surface area contributed by atoms with E-state index in [9.17, 15) is 4.79 Å². The Morgan fingerprint density at radius 1 is 1.67 bits per heavy atom. The highest BCUT2D eigenvalue weighted by Gasteiger charge is 2.09. The van der Waals surface area contributed by atoms with Crippen molar-refractivity contribution in [2.45, 2.75) is 19.8 Å². The van der Waals surface area contributed by atoms with Crippen molar-refractivity contribution in [3.8, 4) is 0 Å². The van der Waals surface area contributed by atoms with Crippen LogP contribution in [0.15, 0.2) is 23.8 Å². The summed E-state index contributed by atoms with van der Waals surface area (Å²) in [5, 5.41) is 0. The first kappa shape index (κ1) is 9.59. The van der Waals surface area contributed by atoms with Gasteiger partial charge < -0.3 is 0 Å². The molecule has 0 aromatic heterocycles. The Hall–Kier alpha value is -0.500. The molecule has 1 aliphatic carbocycles. The van der Waals surface area contributed by atoms with Crippen LogP contribution in [-0.2, 0) is 4.79 Å². The van der Waals surface area contributed by atoms with Gasteiger partial charge in [-0.3, -0.25) is 4.79 Å². The highest BCUT2D eigenvalue weighted by atomic mass is 32.2. The normalized spacial score (nSPS) is 14.9. The predicted molar refractivity (Wildman–Crippen MR) is 54.5 cm³/mol. The lowest BCUT2D eigenvalue weighted by molar-refractivity contribution is -0.113. The molecule has 0 heterocycles. The van der Waals surface area contributed by atoms with Gasteiger partial charge in [0.1, 0.15) is 0 Å². The van der Waals surface area contributed by atoms with Crippen LogP contribution in [0, 0.1) is 0 Å². The van der Waals surface area contributed by atoms with Crippen LogP contribution >= 0.6 is 11.8 Å². The third-order valence-corrected chi connectivity index (χ3v) is 2.87. The van der Waals surface area contributed by atoms with Gasteiger partial charge in [0.15, 0.2) is 5.78 Å². The first-order valence-electron chi connectivity index (χ1n) is 4.31. The Balaban J connectivity index is 2.20. The zero-order valence-electron chi connectivity index (χ0n) is 7.38. The molecule has 0 amide bonds. The molecule has 66 valence electrons. The molecule has 2 heteroatoms. The maximum Gasteiger partial charge on any atom is 0.169 e. The topological polar surface area (TPSA) is 17.1 Å². The summed E-state index contributed by atoms with van der Waals surface area (Å²) < 4.78 is 0. The van der Waals surface area contributed by atoms with Crippen molar-refractivity contribution in [1.82, 2.24) is 0 Å². The zero-order chi connectivity index (χ0) is 8.81. The predicted octanol–water partition coefficient (Wildman–Crippen LogP) is 2.59. The summed E-state index contributed by atoms with van der Waals surface area (Å²) >= 11 is 1.73. The molecule has 0 fully saturated rings. The van der Waals surface area contributed by atoms with Crippen LogP contribution in [0.2, 0.25) is 0 Å². The molecule has 1 aliphatic rings. The van der Waals surface area contributed by atoms with E-state index in [2.05, 4.69) is 6.92 Å². The maximum absolute atomic E-state index is 11.4. The molecule has 0 saturated carbocycles. The Morgan fingerprint density at radius 2 is 2.50 bits per heavy atom. The summed E-state index contributed by atoms with van der Waals surface area (Å²) in [5.74, 6) is 2.05. The smallest absolute Gasteiger partial charge is 0.169 e. The van der Waals surface area contributed by atoms with Crippen LogP contribution in [-0.4, -0.2) is 17.3 Å². The minimum Gasteiger partial charge on any atom is -0.294 e. The Labute approximate surface area is 77.9 Å². The van der Waals surface area contributed by atoms with Crippen LogP contribution in [0.3, 0.4) is 0 Å². The Morgan fingerprint density at radius 3 is 3.08 bits per heavy atom. The van der Waals surface area contributed by atoms with E-state index in [1.54, 1.807) is 11.8 Å². The number of rotatable bonds is 5. The SMILES string of the molecule is CCCSCC(=O)C1=CC=CC1. The van der Waals surface area contributed by atoms with Gasteiger partial charge in [-0.15, -0.1) is 0 Å². The molecule has 0 bridgehead atoms. The minimum atomic E-state index is 0.304. The van der Waals surface area contributed by atoms with Crippen molar-refractivity contribution < 1.29 is 4.79 Å². The van der Waals surface area contributed by atoms with E-state index in [0.717, 1.165) is 24.2 Å². The molecule has 0 aromatic carbocycles. The van der Waals surface area contributed by atoms with Gasteiger partial charge in [0.2, 0.25) is 0 Å². The Kier molecular flexibility index (Phi) is 4.15. The fourth-order valence-electron chi connectivity index (χ4n) is 1.06. The van der Waals surface area contributed by atoms with Gasteiger partial charge >= 0.3 is 0 Å². The third-order valence-electron chi connectivity index (χ3n) is 1.71. The molecule has 0 spiro atoms. The molecule has 1 rings (SSSR count). The summed E-state index contributed by atoms with van der Waals surface area (Å²) in [7, 11) is 0. The summed E-state index contributed by atoms with van der Waals surface area (Å²) in [6.07, 6.45) is 7.89. The number of Topliss-reactive ketones (excluding diaryl/α,β-unsaturated/α-hetero) is 1. The van der Waals surface area contributed by atoms with E-state index in [1.807, 2.05) is 18.2 Å². The van der Waals surface area contributed by atoms with E-state index in [0.29, 0.717) is 11.5 Å². The number of hydrogen-bond acceptors (Lipinski definition) is 2. The van der Waals surface area contributed by atoms with E-state index in [1.165, 1.54) is 0 Å². The van der Waals surface area contributed by atoms with E-state index in [4.69, 9.17) is 0 Å². The molecule has 12 heavy (non-hydrogen) atoms. The van der Waals surface area contributed by atoms with Gasteiger partial charge in [-0.1, -0.05) is 25.2 Å². The van der Waals surface area contributed by atoms with Gasteiger partial charge in [-0.05, 0) is 24.2 Å². The van der Waals surface area contributed by atoms with Gasteiger partial charge in [-0.2, -0.15) is 11.8 Å². The van der Waals surface area contributed by atoms with Crippen LogP contribution < -0.4 is 0 Å². The van der Waals surface area contributed by atoms with Crippen LogP contribution in [0.5, 0.6) is 0 Å². The zero-order valence-corrected chi connectivity index (χ0v) is 8.19. The van der Waals surface area contributed by atoms with E-state index in [-0.39, 0.29) is 0 Å². The van der Waals surface area contributed by atoms with E-state index >= 15 is 0 Å². The average molecular weight is 182 g/mol. The lowest BCUT2D eigenvalue weighted by atomic mass is 10.2. The first-order chi connectivity index (χ1) is 5.84. The second kappa shape index (κ2) is 5.20. The quantitative estimate of drug-likeness (QED) is 0.608. The monoisotopic (exact) mass is 182 g/mol. The summed E-state index contributed by atoms with van der Waals surface area (Å²) in [4.78, 5) is 11.4. The fourth-order valence-corrected chi connectivity index (χ4v) is 1.86.